The number of rotatable bonds is 4. The molecular formula is C19H13ClFN3O. The van der Waals surface area contributed by atoms with Gasteiger partial charge in [-0.15, -0.1) is 0 Å². The van der Waals surface area contributed by atoms with Gasteiger partial charge in [-0.3, -0.25) is 0 Å². The highest BCUT2D eigenvalue weighted by Gasteiger charge is 2.13. The monoisotopic (exact) mass is 353 g/mol. The molecule has 1 N–H and O–H groups in total. The fraction of sp³-hybridized carbons (Fsp3) is 0.0526. The predicted octanol–water partition coefficient (Wildman–Crippen LogP) is 5.29. The molecule has 2 aromatic heterocycles. The summed E-state index contributed by atoms with van der Waals surface area (Å²) in [5, 5.41) is 4.56. The molecule has 0 spiro atoms. The lowest BCUT2D eigenvalue weighted by molar-refractivity contribution is 0.518. The van der Waals surface area contributed by atoms with E-state index in [0.717, 1.165) is 11.1 Å². The molecule has 0 radical (unpaired) electrons. The molecule has 0 aliphatic carbocycles. The van der Waals surface area contributed by atoms with Crippen molar-refractivity contribution < 1.29 is 8.81 Å². The molecule has 0 aliphatic heterocycles. The molecule has 4 nitrogen and oxygen atoms in total. The minimum atomic E-state index is -0.368. The third-order valence-electron chi connectivity index (χ3n) is 3.78. The maximum atomic E-state index is 14.1. The summed E-state index contributed by atoms with van der Waals surface area (Å²) in [5.74, 6) is 1.28. The highest BCUT2D eigenvalue weighted by Crippen LogP contribution is 2.28. The smallest absolute Gasteiger partial charge is 0.165 e. The van der Waals surface area contributed by atoms with E-state index in [9.17, 15) is 4.39 Å². The van der Waals surface area contributed by atoms with Crippen LogP contribution < -0.4 is 5.32 Å². The van der Waals surface area contributed by atoms with Crippen LogP contribution in [0, 0.1) is 5.82 Å². The van der Waals surface area contributed by atoms with Crippen LogP contribution in [0.25, 0.3) is 22.3 Å². The zero-order valence-corrected chi connectivity index (χ0v) is 13.8. The Labute approximate surface area is 148 Å². The maximum Gasteiger partial charge on any atom is 0.165 e. The van der Waals surface area contributed by atoms with Gasteiger partial charge in [-0.2, -0.15) is 0 Å². The first-order chi connectivity index (χ1) is 12.2. The van der Waals surface area contributed by atoms with Gasteiger partial charge in [0.25, 0.3) is 0 Å². The molecular weight excluding hydrogens is 341 g/mol. The molecule has 0 unspecified atom stereocenters. The summed E-state index contributed by atoms with van der Waals surface area (Å²) in [6, 6.07) is 15.4. The number of nitrogens with one attached hydrogen (secondary N) is 1. The zero-order chi connectivity index (χ0) is 17.2. The summed E-state index contributed by atoms with van der Waals surface area (Å²) < 4.78 is 19.5. The first kappa shape index (κ1) is 15.6. The molecule has 0 aliphatic rings. The molecule has 4 aromatic rings. The number of nitrogens with zero attached hydrogens (tertiary/aromatic N) is 2. The Balaban J connectivity index is 1.83. The van der Waals surface area contributed by atoms with Crippen molar-refractivity contribution >= 4 is 28.3 Å². The van der Waals surface area contributed by atoms with Crippen LogP contribution in [-0.4, -0.2) is 9.97 Å². The Hall–Kier alpha value is -2.92. The number of benzene rings is 2. The molecule has 4 rings (SSSR count). The number of hydrogen-bond donors (Lipinski definition) is 1. The summed E-state index contributed by atoms with van der Waals surface area (Å²) in [6.45, 7) is 0.447. The van der Waals surface area contributed by atoms with Crippen LogP contribution in [0.5, 0.6) is 0 Å². The largest absolute Gasteiger partial charge is 0.467 e. The lowest BCUT2D eigenvalue weighted by Gasteiger charge is -2.11. The van der Waals surface area contributed by atoms with Crippen LogP contribution in [0.4, 0.5) is 10.2 Å². The van der Waals surface area contributed by atoms with Crippen molar-refractivity contribution in [3.63, 3.8) is 0 Å². The van der Waals surface area contributed by atoms with Crippen LogP contribution >= 0.6 is 11.6 Å². The first-order valence-electron chi connectivity index (χ1n) is 7.69. The summed E-state index contributed by atoms with van der Waals surface area (Å²) >= 11 is 6.11. The summed E-state index contributed by atoms with van der Waals surface area (Å²) in [7, 11) is 0. The van der Waals surface area contributed by atoms with Gasteiger partial charge in [0.2, 0.25) is 0 Å². The van der Waals surface area contributed by atoms with Crippen LogP contribution in [0.15, 0.2) is 65.3 Å². The van der Waals surface area contributed by atoms with E-state index in [1.807, 2.05) is 12.1 Å². The molecule has 0 bridgehead atoms. The number of furan rings is 1. The van der Waals surface area contributed by atoms with Crippen LogP contribution in [0.3, 0.4) is 0 Å². The van der Waals surface area contributed by atoms with Crippen molar-refractivity contribution in [1.82, 2.24) is 9.97 Å². The third-order valence-corrected chi connectivity index (χ3v) is 4.02. The van der Waals surface area contributed by atoms with Gasteiger partial charge in [0.15, 0.2) is 5.82 Å². The molecule has 2 heterocycles. The van der Waals surface area contributed by atoms with Gasteiger partial charge in [-0.25, -0.2) is 14.4 Å². The second-order valence-corrected chi connectivity index (χ2v) is 5.91. The average molecular weight is 354 g/mol. The first-order valence-corrected chi connectivity index (χ1v) is 8.07. The van der Waals surface area contributed by atoms with Gasteiger partial charge in [-0.05, 0) is 42.5 Å². The predicted molar refractivity (Wildman–Crippen MR) is 96.0 cm³/mol. The van der Waals surface area contributed by atoms with E-state index < -0.39 is 0 Å². The number of aromatic nitrogens is 2. The molecule has 0 saturated carbocycles. The molecule has 0 amide bonds. The van der Waals surface area contributed by atoms with Crippen molar-refractivity contribution in [2.75, 3.05) is 5.32 Å². The minimum Gasteiger partial charge on any atom is -0.467 e. The zero-order valence-electron chi connectivity index (χ0n) is 13.0. The van der Waals surface area contributed by atoms with E-state index in [0.29, 0.717) is 34.3 Å². The van der Waals surface area contributed by atoms with Crippen LogP contribution in [0.2, 0.25) is 5.02 Å². The number of halogens is 2. The maximum absolute atomic E-state index is 14.1. The minimum absolute atomic E-state index is 0.315. The summed E-state index contributed by atoms with van der Waals surface area (Å²) in [4.78, 5) is 8.99. The van der Waals surface area contributed by atoms with Crippen LogP contribution in [-0.2, 0) is 6.54 Å². The SMILES string of the molecule is Fc1ccccc1-c1nc(NCc2ccco2)c2cc(Cl)ccc2n1. The van der Waals surface area contributed by atoms with Crippen LogP contribution in [0.1, 0.15) is 5.76 Å². The topological polar surface area (TPSA) is 51.0 Å². The van der Waals surface area contributed by atoms with E-state index in [-0.39, 0.29) is 5.82 Å². The van der Waals surface area contributed by atoms with Gasteiger partial charge in [0.1, 0.15) is 17.4 Å². The van der Waals surface area contributed by atoms with Gasteiger partial charge >= 0.3 is 0 Å². The average Bonchev–Trinajstić information content (AvgIpc) is 3.13. The fourth-order valence-electron chi connectivity index (χ4n) is 2.58. The molecule has 6 heteroatoms. The second kappa shape index (κ2) is 6.53. The Bertz CT molecular complexity index is 1030. The quantitative estimate of drug-likeness (QED) is 0.541. The van der Waals surface area contributed by atoms with E-state index in [4.69, 9.17) is 16.0 Å². The van der Waals surface area contributed by atoms with E-state index in [1.54, 1.807) is 42.7 Å². The Morgan fingerprint density at radius 2 is 1.92 bits per heavy atom. The molecule has 0 fully saturated rings. The molecule has 2 aromatic carbocycles. The number of fused-ring (bicyclic) bond motifs is 1. The van der Waals surface area contributed by atoms with Crippen molar-refractivity contribution in [3.8, 4) is 11.4 Å². The van der Waals surface area contributed by atoms with E-state index in [1.165, 1.54) is 6.07 Å². The van der Waals surface area contributed by atoms with Crippen molar-refractivity contribution in [2.45, 2.75) is 6.54 Å². The standard InChI is InChI=1S/C19H13ClFN3O/c20-12-7-8-17-15(10-12)18(22-11-13-4-3-9-25-13)24-19(23-17)14-5-1-2-6-16(14)21/h1-10H,11H2,(H,22,23,24). The second-order valence-electron chi connectivity index (χ2n) is 5.47. The lowest BCUT2D eigenvalue weighted by Crippen LogP contribution is -2.04. The van der Waals surface area contributed by atoms with Gasteiger partial charge in [0, 0.05) is 10.4 Å². The van der Waals surface area contributed by atoms with Crippen molar-refractivity contribution in [3.05, 3.63) is 77.5 Å². The molecule has 124 valence electrons. The van der Waals surface area contributed by atoms with Gasteiger partial charge in [-0.1, -0.05) is 23.7 Å². The van der Waals surface area contributed by atoms with E-state index in [2.05, 4.69) is 15.3 Å². The Kier molecular flexibility index (Phi) is 4.07. The normalized spacial score (nSPS) is 11.0. The number of anilines is 1. The van der Waals surface area contributed by atoms with Gasteiger partial charge in [0.05, 0.1) is 23.9 Å². The van der Waals surface area contributed by atoms with Crippen molar-refractivity contribution in [1.29, 1.82) is 0 Å². The Morgan fingerprint density at radius 1 is 1.04 bits per heavy atom. The molecule has 0 atom stereocenters. The third kappa shape index (κ3) is 3.19. The summed E-state index contributed by atoms with van der Waals surface area (Å²) in [5.41, 5.74) is 1.03. The number of hydrogen-bond acceptors (Lipinski definition) is 4. The van der Waals surface area contributed by atoms with Crippen molar-refractivity contribution in [2.24, 2.45) is 0 Å². The molecule has 0 saturated heterocycles. The highest BCUT2D eigenvalue weighted by molar-refractivity contribution is 6.31. The highest BCUT2D eigenvalue weighted by atomic mass is 35.5. The lowest BCUT2D eigenvalue weighted by atomic mass is 10.1. The van der Waals surface area contributed by atoms with E-state index >= 15 is 0 Å². The summed E-state index contributed by atoms with van der Waals surface area (Å²) in [6.07, 6.45) is 1.61. The fourth-order valence-corrected chi connectivity index (χ4v) is 2.75. The van der Waals surface area contributed by atoms with Gasteiger partial charge < -0.3 is 9.73 Å². The molecule has 25 heavy (non-hydrogen) atoms. The Morgan fingerprint density at radius 3 is 2.72 bits per heavy atom.